The summed E-state index contributed by atoms with van der Waals surface area (Å²) in [6.45, 7) is 2.82. The second-order valence-electron chi connectivity index (χ2n) is 6.50. The Labute approximate surface area is 162 Å². The number of hydrogen-bond donors (Lipinski definition) is 1. The molecule has 1 atom stereocenters. The summed E-state index contributed by atoms with van der Waals surface area (Å²) in [5, 5.41) is 15.1. The van der Waals surface area contributed by atoms with Crippen LogP contribution in [-0.4, -0.2) is 45.4 Å². The number of hydrogen-bond acceptors (Lipinski definition) is 6. The molecule has 1 aliphatic heterocycles. The Kier molecular flexibility index (Phi) is 5.18. The van der Waals surface area contributed by atoms with Crippen LogP contribution in [0.5, 0.6) is 11.5 Å². The van der Waals surface area contributed by atoms with Crippen molar-refractivity contribution in [3.63, 3.8) is 0 Å². The van der Waals surface area contributed by atoms with Crippen molar-refractivity contribution in [3.05, 3.63) is 54.1 Å². The van der Waals surface area contributed by atoms with E-state index in [1.165, 1.54) is 10.4 Å². The average molecular weight is 379 g/mol. The minimum atomic E-state index is -0.241. The lowest BCUT2D eigenvalue weighted by Crippen LogP contribution is -2.41. The Morgan fingerprint density at radius 1 is 1.18 bits per heavy atom. The Bertz CT molecular complexity index is 954. The number of nitrogens with one attached hydrogen (secondary N) is 1. The van der Waals surface area contributed by atoms with Crippen LogP contribution in [0.3, 0.4) is 0 Å². The van der Waals surface area contributed by atoms with E-state index in [1.807, 2.05) is 48.5 Å². The van der Waals surface area contributed by atoms with Gasteiger partial charge >= 0.3 is 0 Å². The van der Waals surface area contributed by atoms with E-state index in [-0.39, 0.29) is 18.6 Å². The fourth-order valence-electron chi connectivity index (χ4n) is 2.89. The number of aryl methyl sites for hydroxylation is 1. The SMILES string of the molecule is CCc1ccc(-c2nnn(CC(=O)NC[C@@H]3COc4ccccc4O3)n2)cc1. The monoisotopic (exact) mass is 379 g/mol. The Morgan fingerprint density at radius 3 is 2.75 bits per heavy atom. The lowest BCUT2D eigenvalue weighted by atomic mass is 10.1. The second-order valence-corrected chi connectivity index (χ2v) is 6.50. The van der Waals surface area contributed by atoms with Crippen molar-refractivity contribution in [3.8, 4) is 22.9 Å². The van der Waals surface area contributed by atoms with Gasteiger partial charge in [0.05, 0.1) is 6.54 Å². The molecule has 1 amide bonds. The van der Waals surface area contributed by atoms with E-state index in [0.29, 0.717) is 24.7 Å². The molecule has 0 aliphatic carbocycles. The summed E-state index contributed by atoms with van der Waals surface area (Å²) in [4.78, 5) is 13.5. The lowest BCUT2D eigenvalue weighted by molar-refractivity contribution is -0.122. The molecule has 4 rings (SSSR count). The standard InChI is InChI=1S/C20H21N5O3/c1-2-14-7-9-15(10-8-14)20-22-24-25(23-20)12-19(26)21-11-16-13-27-17-5-3-4-6-18(17)28-16/h3-10,16H,2,11-13H2,1H3,(H,21,26)/t16-/m1/s1. The molecule has 2 aromatic carbocycles. The molecule has 28 heavy (non-hydrogen) atoms. The van der Waals surface area contributed by atoms with Gasteiger partial charge < -0.3 is 14.8 Å². The van der Waals surface area contributed by atoms with Crippen molar-refractivity contribution in [1.29, 1.82) is 0 Å². The molecule has 1 aromatic heterocycles. The number of nitrogens with zero attached hydrogens (tertiary/aromatic N) is 4. The van der Waals surface area contributed by atoms with Gasteiger partial charge in [0, 0.05) is 5.56 Å². The number of para-hydroxylation sites is 2. The highest BCUT2D eigenvalue weighted by atomic mass is 16.6. The predicted molar refractivity (Wildman–Crippen MR) is 102 cm³/mol. The molecule has 1 aliphatic rings. The maximum Gasteiger partial charge on any atom is 0.243 e. The summed E-state index contributed by atoms with van der Waals surface area (Å²) in [6, 6.07) is 15.5. The number of fused-ring (bicyclic) bond motifs is 1. The normalized spacial score (nSPS) is 15.2. The molecule has 1 N–H and O–H groups in total. The van der Waals surface area contributed by atoms with Crippen LogP contribution in [0.15, 0.2) is 48.5 Å². The highest BCUT2D eigenvalue weighted by Crippen LogP contribution is 2.30. The van der Waals surface area contributed by atoms with Gasteiger partial charge in [-0.25, -0.2) is 0 Å². The van der Waals surface area contributed by atoms with Crippen LogP contribution in [0.1, 0.15) is 12.5 Å². The number of carbonyl (C=O) groups is 1. The number of tetrazole rings is 1. The van der Waals surface area contributed by atoms with Crippen molar-refractivity contribution in [2.24, 2.45) is 0 Å². The quantitative estimate of drug-likeness (QED) is 0.703. The molecule has 0 bridgehead atoms. The third-order valence-corrected chi connectivity index (χ3v) is 4.45. The minimum Gasteiger partial charge on any atom is -0.486 e. The van der Waals surface area contributed by atoms with Crippen LogP contribution in [0, 0.1) is 0 Å². The Morgan fingerprint density at radius 2 is 1.96 bits per heavy atom. The van der Waals surface area contributed by atoms with Crippen LogP contribution in [-0.2, 0) is 17.8 Å². The van der Waals surface area contributed by atoms with Crippen molar-refractivity contribution < 1.29 is 14.3 Å². The van der Waals surface area contributed by atoms with Crippen molar-refractivity contribution >= 4 is 5.91 Å². The summed E-state index contributed by atoms with van der Waals surface area (Å²) < 4.78 is 11.5. The smallest absolute Gasteiger partial charge is 0.243 e. The third-order valence-electron chi connectivity index (χ3n) is 4.45. The zero-order valence-corrected chi connectivity index (χ0v) is 15.5. The number of ether oxygens (including phenoxy) is 2. The molecule has 144 valence electrons. The van der Waals surface area contributed by atoms with Crippen LogP contribution in [0.4, 0.5) is 0 Å². The first-order chi connectivity index (χ1) is 13.7. The van der Waals surface area contributed by atoms with Gasteiger partial charge in [0.15, 0.2) is 11.5 Å². The van der Waals surface area contributed by atoms with Gasteiger partial charge in [0.25, 0.3) is 0 Å². The first-order valence-electron chi connectivity index (χ1n) is 9.23. The highest BCUT2D eigenvalue weighted by molar-refractivity contribution is 5.75. The summed E-state index contributed by atoms with van der Waals surface area (Å²) in [7, 11) is 0. The first-order valence-corrected chi connectivity index (χ1v) is 9.23. The zero-order chi connectivity index (χ0) is 19.3. The van der Waals surface area contributed by atoms with Crippen molar-refractivity contribution in [1.82, 2.24) is 25.5 Å². The molecule has 0 fully saturated rings. The summed E-state index contributed by atoms with van der Waals surface area (Å²) >= 11 is 0. The molecule has 0 saturated heterocycles. The fraction of sp³-hybridized carbons (Fsp3) is 0.300. The van der Waals surface area contributed by atoms with E-state index >= 15 is 0 Å². The van der Waals surface area contributed by atoms with Gasteiger partial charge in [-0.05, 0) is 29.3 Å². The van der Waals surface area contributed by atoms with Gasteiger partial charge in [0.1, 0.15) is 19.3 Å². The van der Waals surface area contributed by atoms with Crippen molar-refractivity contribution in [2.45, 2.75) is 26.0 Å². The molecular weight excluding hydrogens is 358 g/mol. The van der Waals surface area contributed by atoms with Crippen molar-refractivity contribution in [2.75, 3.05) is 13.2 Å². The predicted octanol–water partition coefficient (Wildman–Crippen LogP) is 1.86. The molecule has 0 spiro atoms. The van der Waals surface area contributed by atoms with E-state index in [4.69, 9.17) is 9.47 Å². The fourth-order valence-corrected chi connectivity index (χ4v) is 2.89. The highest BCUT2D eigenvalue weighted by Gasteiger charge is 2.21. The molecular formula is C20H21N5O3. The largest absolute Gasteiger partial charge is 0.486 e. The van der Waals surface area contributed by atoms with Gasteiger partial charge in [0.2, 0.25) is 11.7 Å². The third kappa shape index (κ3) is 4.11. The second kappa shape index (κ2) is 8.08. The number of benzene rings is 2. The van der Waals surface area contributed by atoms with Gasteiger partial charge in [-0.15, -0.1) is 10.2 Å². The van der Waals surface area contributed by atoms with Gasteiger partial charge in [-0.1, -0.05) is 43.3 Å². The number of amides is 1. The molecule has 0 radical (unpaired) electrons. The molecule has 3 aromatic rings. The molecule has 8 heteroatoms. The number of rotatable bonds is 6. The zero-order valence-electron chi connectivity index (χ0n) is 15.5. The summed E-state index contributed by atoms with van der Waals surface area (Å²) in [6.07, 6.45) is 0.734. The molecule has 2 heterocycles. The van der Waals surface area contributed by atoms with Crippen LogP contribution in [0.25, 0.3) is 11.4 Å². The first kappa shape index (κ1) is 18.0. The van der Waals surface area contributed by atoms with Crippen LogP contribution in [0.2, 0.25) is 0 Å². The topological polar surface area (TPSA) is 91.2 Å². The molecule has 0 unspecified atom stereocenters. The Balaban J connectivity index is 1.29. The maximum atomic E-state index is 12.2. The Hall–Kier alpha value is -3.42. The maximum absolute atomic E-state index is 12.2. The molecule has 8 nitrogen and oxygen atoms in total. The molecule has 0 saturated carbocycles. The van der Waals surface area contributed by atoms with E-state index in [9.17, 15) is 4.79 Å². The minimum absolute atomic E-state index is 0.00971. The number of carbonyl (C=O) groups excluding carboxylic acids is 1. The van der Waals surface area contributed by atoms with E-state index < -0.39 is 0 Å². The van der Waals surface area contributed by atoms with E-state index in [2.05, 4.69) is 27.7 Å². The summed E-state index contributed by atoms with van der Waals surface area (Å²) in [5.74, 6) is 1.69. The van der Waals surface area contributed by atoms with E-state index in [1.54, 1.807) is 0 Å². The van der Waals surface area contributed by atoms with Gasteiger partial charge in [-0.3, -0.25) is 4.79 Å². The van der Waals surface area contributed by atoms with Crippen LogP contribution < -0.4 is 14.8 Å². The van der Waals surface area contributed by atoms with E-state index in [0.717, 1.165) is 17.7 Å². The summed E-state index contributed by atoms with van der Waals surface area (Å²) in [5.41, 5.74) is 2.11. The van der Waals surface area contributed by atoms with Gasteiger partial charge in [-0.2, -0.15) is 4.80 Å². The average Bonchev–Trinajstić information content (AvgIpc) is 3.20. The van der Waals surface area contributed by atoms with Crippen LogP contribution >= 0.6 is 0 Å². The lowest BCUT2D eigenvalue weighted by Gasteiger charge is -2.26. The number of aromatic nitrogens is 4.